The van der Waals surface area contributed by atoms with Crippen molar-refractivity contribution < 1.29 is 13.9 Å². The van der Waals surface area contributed by atoms with Gasteiger partial charge in [0.15, 0.2) is 0 Å². The lowest BCUT2D eigenvalue weighted by atomic mass is 10.1. The normalized spacial score (nSPS) is 11.6. The first-order chi connectivity index (χ1) is 12.1. The molecular formula is C21H18FNO2. The van der Waals surface area contributed by atoms with Crippen molar-refractivity contribution in [3.05, 3.63) is 95.8 Å². The van der Waals surface area contributed by atoms with Crippen molar-refractivity contribution in [3.63, 3.8) is 0 Å². The van der Waals surface area contributed by atoms with Gasteiger partial charge in [-0.3, -0.25) is 4.79 Å². The van der Waals surface area contributed by atoms with Crippen LogP contribution in [0.4, 0.5) is 4.39 Å². The molecule has 0 unspecified atom stereocenters. The third-order valence-electron chi connectivity index (χ3n) is 3.81. The van der Waals surface area contributed by atoms with Crippen LogP contribution < -0.4 is 10.1 Å². The van der Waals surface area contributed by atoms with Gasteiger partial charge in [-0.2, -0.15) is 0 Å². The van der Waals surface area contributed by atoms with Crippen LogP contribution in [-0.2, 0) is 0 Å². The first-order valence-electron chi connectivity index (χ1n) is 8.01. The van der Waals surface area contributed by atoms with Gasteiger partial charge in [0.25, 0.3) is 5.91 Å². The highest BCUT2D eigenvalue weighted by atomic mass is 19.1. The predicted octanol–water partition coefficient (Wildman–Crippen LogP) is 5.11. The highest BCUT2D eigenvalue weighted by Gasteiger charge is 2.11. The number of carbonyl (C=O) groups excluding carboxylic acids is 1. The average molecular weight is 335 g/mol. The Bertz CT molecular complexity index is 830. The molecule has 3 aromatic carbocycles. The summed E-state index contributed by atoms with van der Waals surface area (Å²) < 4.78 is 18.7. The molecule has 0 spiro atoms. The van der Waals surface area contributed by atoms with E-state index in [1.807, 2.05) is 37.3 Å². The van der Waals surface area contributed by atoms with Gasteiger partial charge in [0.1, 0.15) is 17.3 Å². The van der Waals surface area contributed by atoms with E-state index >= 15 is 0 Å². The number of ether oxygens (including phenoxy) is 1. The summed E-state index contributed by atoms with van der Waals surface area (Å²) in [5.74, 6) is 0.915. The number of nitrogens with one attached hydrogen (secondary N) is 1. The average Bonchev–Trinajstić information content (AvgIpc) is 2.63. The lowest BCUT2D eigenvalue weighted by molar-refractivity contribution is 0.0940. The summed E-state index contributed by atoms with van der Waals surface area (Å²) in [6.07, 6.45) is 0. The number of rotatable bonds is 5. The molecule has 3 nitrogen and oxygen atoms in total. The predicted molar refractivity (Wildman–Crippen MR) is 95.2 cm³/mol. The van der Waals surface area contributed by atoms with E-state index < -0.39 is 0 Å². The summed E-state index contributed by atoms with van der Waals surface area (Å²) >= 11 is 0. The SMILES string of the molecule is C[C@H](NC(=O)c1ccc(Oc2ccccc2)cc1)c1ccc(F)cc1. The Labute approximate surface area is 146 Å². The molecule has 25 heavy (non-hydrogen) atoms. The van der Waals surface area contributed by atoms with Gasteiger partial charge in [-0.15, -0.1) is 0 Å². The molecule has 3 rings (SSSR count). The number of benzene rings is 3. The number of hydrogen-bond acceptors (Lipinski definition) is 2. The van der Waals surface area contributed by atoms with Crippen LogP contribution in [0.1, 0.15) is 28.9 Å². The van der Waals surface area contributed by atoms with Crippen LogP contribution in [0.5, 0.6) is 11.5 Å². The largest absolute Gasteiger partial charge is 0.457 e. The van der Waals surface area contributed by atoms with Gasteiger partial charge in [-0.1, -0.05) is 30.3 Å². The van der Waals surface area contributed by atoms with Crippen LogP contribution in [0.25, 0.3) is 0 Å². The van der Waals surface area contributed by atoms with E-state index in [2.05, 4.69) is 5.32 Å². The fourth-order valence-electron chi connectivity index (χ4n) is 2.41. The van der Waals surface area contributed by atoms with E-state index in [0.717, 1.165) is 11.3 Å². The maximum atomic E-state index is 13.0. The maximum absolute atomic E-state index is 13.0. The van der Waals surface area contributed by atoms with Crippen molar-refractivity contribution in [1.82, 2.24) is 5.32 Å². The van der Waals surface area contributed by atoms with Gasteiger partial charge in [0.05, 0.1) is 6.04 Å². The minimum atomic E-state index is -0.295. The number of carbonyl (C=O) groups is 1. The molecule has 0 aliphatic carbocycles. The van der Waals surface area contributed by atoms with Gasteiger partial charge in [0, 0.05) is 5.56 Å². The van der Waals surface area contributed by atoms with E-state index in [4.69, 9.17) is 4.74 Å². The Hall–Kier alpha value is -3.14. The van der Waals surface area contributed by atoms with Crippen molar-refractivity contribution in [2.24, 2.45) is 0 Å². The lowest BCUT2D eigenvalue weighted by Gasteiger charge is -2.14. The molecule has 0 aliphatic heterocycles. The van der Waals surface area contributed by atoms with Crippen LogP contribution >= 0.6 is 0 Å². The summed E-state index contributed by atoms with van der Waals surface area (Å²) in [5, 5.41) is 2.90. The van der Waals surface area contributed by atoms with Crippen LogP contribution in [0, 0.1) is 5.82 Å². The fourth-order valence-corrected chi connectivity index (χ4v) is 2.41. The van der Waals surface area contributed by atoms with Gasteiger partial charge in [-0.25, -0.2) is 4.39 Å². The number of hydrogen-bond donors (Lipinski definition) is 1. The number of para-hydroxylation sites is 1. The van der Waals surface area contributed by atoms with Crippen LogP contribution in [0.2, 0.25) is 0 Å². The molecule has 0 heterocycles. The smallest absolute Gasteiger partial charge is 0.251 e. The molecule has 1 N–H and O–H groups in total. The van der Waals surface area contributed by atoms with Gasteiger partial charge in [0.2, 0.25) is 0 Å². The van der Waals surface area contributed by atoms with Gasteiger partial charge >= 0.3 is 0 Å². The van der Waals surface area contributed by atoms with Crippen molar-refractivity contribution in [1.29, 1.82) is 0 Å². The molecule has 0 fully saturated rings. The Morgan fingerprint density at radius 3 is 2.12 bits per heavy atom. The van der Waals surface area contributed by atoms with E-state index in [1.165, 1.54) is 12.1 Å². The Kier molecular flexibility index (Phi) is 5.09. The Balaban J connectivity index is 1.63. The van der Waals surface area contributed by atoms with E-state index in [1.54, 1.807) is 36.4 Å². The molecule has 0 aliphatic rings. The highest BCUT2D eigenvalue weighted by molar-refractivity contribution is 5.94. The minimum absolute atomic E-state index is 0.192. The zero-order valence-electron chi connectivity index (χ0n) is 13.8. The lowest BCUT2D eigenvalue weighted by Crippen LogP contribution is -2.26. The molecule has 3 aromatic rings. The van der Waals surface area contributed by atoms with Crippen LogP contribution in [0.3, 0.4) is 0 Å². The Morgan fingerprint density at radius 1 is 0.880 bits per heavy atom. The van der Waals surface area contributed by atoms with Crippen molar-refractivity contribution >= 4 is 5.91 Å². The maximum Gasteiger partial charge on any atom is 0.251 e. The molecule has 0 saturated carbocycles. The summed E-state index contributed by atoms with van der Waals surface area (Å²) in [7, 11) is 0. The molecular weight excluding hydrogens is 317 g/mol. The first kappa shape index (κ1) is 16.7. The standard InChI is InChI=1S/C21H18FNO2/c1-15(16-7-11-18(22)12-8-16)23-21(24)17-9-13-20(14-10-17)25-19-5-3-2-4-6-19/h2-15H,1H3,(H,23,24)/t15-/m0/s1. The number of halogens is 1. The minimum Gasteiger partial charge on any atom is -0.457 e. The molecule has 0 saturated heterocycles. The van der Waals surface area contributed by atoms with Crippen molar-refractivity contribution in [3.8, 4) is 11.5 Å². The highest BCUT2D eigenvalue weighted by Crippen LogP contribution is 2.21. The summed E-state index contributed by atoms with van der Waals surface area (Å²) in [5.41, 5.74) is 1.38. The molecule has 0 aromatic heterocycles. The molecule has 0 bridgehead atoms. The second kappa shape index (κ2) is 7.62. The summed E-state index contributed by atoms with van der Waals surface area (Å²) in [6, 6.07) is 22.3. The van der Waals surface area contributed by atoms with E-state index in [9.17, 15) is 9.18 Å². The van der Waals surface area contributed by atoms with Gasteiger partial charge in [-0.05, 0) is 61.0 Å². The molecule has 126 valence electrons. The Morgan fingerprint density at radius 2 is 1.48 bits per heavy atom. The summed E-state index contributed by atoms with van der Waals surface area (Å²) in [6.45, 7) is 1.86. The van der Waals surface area contributed by atoms with E-state index in [-0.39, 0.29) is 17.8 Å². The molecule has 1 atom stereocenters. The fraction of sp³-hybridized carbons (Fsp3) is 0.0952. The van der Waals surface area contributed by atoms with Crippen LogP contribution in [0.15, 0.2) is 78.9 Å². The molecule has 4 heteroatoms. The summed E-state index contributed by atoms with van der Waals surface area (Å²) in [4.78, 5) is 12.3. The second-order valence-electron chi connectivity index (χ2n) is 5.69. The van der Waals surface area contributed by atoms with Crippen LogP contribution in [-0.4, -0.2) is 5.91 Å². The zero-order chi connectivity index (χ0) is 17.6. The molecule has 0 radical (unpaired) electrons. The third-order valence-corrected chi connectivity index (χ3v) is 3.81. The second-order valence-corrected chi connectivity index (χ2v) is 5.69. The zero-order valence-corrected chi connectivity index (χ0v) is 13.8. The van der Waals surface area contributed by atoms with Crippen molar-refractivity contribution in [2.45, 2.75) is 13.0 Å². The monoisotopic (exact) mass is 335 g/mol. The van der Waals surface area contributed by atoms with E-state index in [0.29, 0.717) is 11.3 Å². The molecule has 1 amide bonds. The van der Waals surface area contributed by atoms with Crippen molar-refractivity contribution in [2.75, 3.05) is 0 Å². The van der Waals surface area contributed by atoms with Gasteiger partial charge < -0.3 is 10.1 Å². The quantitative estimate of drug-likeness (QED) is 0.704. The third kappa shape index (κ3) is 4.44. The topological polar surface area (TPSA) is 38.3 Å². The first-order valence-corrected chi connectivity index (χ1v) is 8.01. The number of amides is 1.